The fourth-order valence-corrected chi connectivity index (χ4v) is 3.24. The molecule has 10 nitrogen and oxygen atoms in total. The number of aromatic amines is 1. The Balaban J connectivity index is 1.73. The Morgan fingerprint density at radius 3 is 2.33 bits per heavy atom. The maximum Gasteiger partial charge on any atom is 0.227 e. The monoisotopic (exact) mass is 455 g/mol. The van der Waals surface area contributed by atoms with Crippen LogP contribution in [0.2, 0.25) is 0 Å². The van der Waals surface area contributed by atoms with Crippen LogP contribution in [0.3, 0.4) is 0 Å². The van der Waals surface area contributed by atoms with Crippen molar-refractivity contribution < 1.29 is 4.52 Å². The van der Waals surface area contributed by atoms with Gasteiger partial charge in [-0.2, -0.15) is 15.1 Å². The third-order valence-electron chi connectivity index (χ3n) is 5.42. The summed E-state index contributed by atoms with van der Waals surface area (Å²) in [6.07, 6.45) is 0. The van der Waals surface area contributed by atoms with Gasteiger partial charge in [0.05, 0.1) is 12.2 Å². The molecule has 33 heavy (non-hydrogen) atoms. The molecule has 3 heterocycles. The van der Waals surface area contributed by atoms with Crippen molar-refractivity contribution in [2.24, 2.45) is 0 Å². The lowest BCUT2D eigenvalue weighted by molar-refractivity contribution is 0.316. The number of rotatable bonds is 13. The van der Waals surface area contributed by atoms with Gasteiger partial charge in [0.1, 0.15) is 11.6 Å². The van der Waals surface area contributed by atoms with Gasteiger partial charge in [0.15, 0.2) is 11.6 Å². The minimum absolute atomic E-state index is 0.317. The maximum atomic E-state index is 5.43. The van der Waals surface area contributed by atoms with Crippen LogP contribution in [0.4, 0.5) is 23.4 Å². The Bertz CT molecular complexity index is 991. The van der Waals surface area contributed by atoms with Crippen LogP contribution in [-0.2, 0) is 6.54 Å². The van der Waals surface area contributed by atoms with Gasteiger partial charge in [0, 0.05) is 37.0 Å². The third-order valence-corrected chi connectivity index (χ3v) is 5.42. The van der Waals surface area contributed by atoms with E-state index < -0.39 is 0 Å². The number of hydrogen-bond donors (Lipinski definition) is 4. The van der Waals surface area contributed by atoms with Crippen LogP contribution in [0.5, 0.6) is 0 Å². The van der Waals surface area contributed by atoms with E-state index in [4.69, 9.17) is 4.52 Å². The standard InChI is InChI=1S/C23H37N9O/c1-7-32(8-2)10-9-24-20-13-21(26-22-12-18(15(3)4)29-30-22)28-23(27-20)25-14-17-11-19(16(5)6)31-33-17/h11-13,15-16H,7-10,14H2,1-6H3,(H4,24,25,26,27,28,29,30). The Labute approximate surface area is 196 Å². The van der Waals surface area contributed by atoms with E-state index in [0.717, 1.165) is 49.1 Å². The summed E-state index contributed by atoms with van der Waals surface area (Å²) < 4.78 is 5.43. The molecule has 0 atom stereocenters. The van der Waals surface area contributed by atoms with E-state index in [1.54, 1.807) is 0 Å². The largest absolute Gasteiger partial charge is 0.369 e. The van der Waals surface area contributed by atoms with Crippen molar-refractivity contribution in [3.05, 3.63) is 35.3 Å². The second-order valence-corrected chi connectivity index (χ2v) is 8.63. The van der Waals surface area contributed by atoms with Gasteiger partial charge < -0.3 is 25.4 Å². The molecule has 10 heteroatoms. The van der Waals surface area contributed by atoms with Crippen molar-refractivity contribution in [1.29, 1.82) is 0 Å². The number of anilines is 4. The second-order valence-electron chi connectivity index (χ2n) is 8.63. The summed E-state index contributed by atoms with van der Waals surface area (Å²) in [7, 11) is 0. The molecule has 0 saturated carbocycles. The highest BCUT2D eigenvalue weighted by Gasteiger charge is 2.11. The Hall–Kier alpha value is -3.14. The zero-order valence-electron chi connectivity index (χ0n) is 20.6. The number of nitrogens with one attached hydrogen (secondary N) is 4. The van der Waals surface area contributed by atoms with E-state index in [1.165, 1.54) is 0 Å². The van der Waals surface area contributed by atoms with Crippen LogP contribution >= 0.6 is 0 Å². The van der Waals surface area contributed by atoms with Crippen molar-refractivity contribution in [2.45, 2.75) is 59.9 Å². The number of aromatic nitrogens is 5. The van der Waals surface area contributed by atoms with Gasteiger partial charge in [0.2, 0.25) is 5.95 Å². The molecule has 180 valence electrons. The fraction of sp³-hybridized carbons (Fsp3) is 0.565. The fourth-order valence-electron chi connectivity index (χ4n) is 3.24. The quantitative estimate of drug-likeness (QED) is 0.294. The molecule has 0 aromatic carbocycles. The van der Waals surface area contributed by atoms with Crippen molar-refractivity contribution in [1.82, 2.24) is 30.2 Å². The van der Waals surface area contributed by atoms with Gasteiger partial charge in [-0.25, -0.2) is 0 Å². The lowest BCUT2D eigenvalue weighted by atomic mass is 10.1. The molecule has 0 amide bonds. The summed E-state index contributed by atoms with van der Waals surface area (Å²) in [6.45, 7) is 17.0. The molecular formula is C23H37N9O. The molecule has 0 aliphatic heterocycles. The molecule has 3 rings (SSSR count). The summed E-state index contributed by atoms with van der Waals surface area (Å²) in [5, 5.41) is 21.5. The van der Waals surface area contributed by atoms with Gasteiger partial charge in [-0.3, -0.25) is 5.10 Å². The van der Waals surface area contributed by atoms with Crippen LogP contribution < -0.4 is 16.0 Å². The summed E-state index contributed by atoms with van der Waals surface area (Å²) in [4.78, 5) is 11.6. The van der Waals surface area contributed by atoms with Gasteiger partial charge in [-0.15, -0.1) is 0 Å². The Morgan fingerprint density at radius 2 is 1.70 bits per heavy atom. The van der Waals surface area contributed by atoms with E-state index in [9.17, 15) is 0 Å². The number of H-pyrrole nitrogens is 1. The average molecular weight is 456 g/mol. The first-order valence-corrected chi connectivity index (χ1v) is 11.7. The highest BCUT2D eigenvalue weighted by molar-refractivity contribution is 5.59. The lowest BCUT2D eigenvalue weighted by Crippen LogP contribution is -2.28. The zero-order valence-corrected chi connectivity index (χ0v) is 20.6. The average Bonchev–Trinajstić information content (AvgIpc) is 3.45. The van der Waals surface area contributed by atoms with E-state index in [0.29, 0.717) is 36.0 Å². The predicted molar refractivity (Wildman–Crippen MR) is 132 cm³/mol. The minimum atomic E-state index is 0.317. The van der Waals surface area contributed by atoms with E-state index in [2.05, 4.69) is 87.7 Å². The molecule has 0 fully saturated rings. The Morgan fingerprint density at radius 1 is 0.939 bits per heavy atom. The highest BCUT2D eigenvalue weighted by Crippen LogP contribution is 2.21. The van der Waals surface area contributed by atoms with Crippen molar-refractivity contribution in [3.63, 3.8) is 0 Å². The molecule has 3 aromatic rings. The van der Waals surface area contributed by atoms with Crippen LogP contribution in [0.25, 0.3) is 0 Å². The van der Waals surface area contributed by atoms with Gasteiger partial charge in [0.25, 0.3) is 0 Å². The maximum absolute atomic E-state index is 5.43. The smallest absolute Gasteiger partial charge is 0.227 e. The lowest BCUT2D eigenvalue weighted by Gasteiger charge is -2.18. The van der Waals surface area contributed by atoms with Crippen LogP contribution in [0.1, 0.15) is 70.5 Å². The number of nitrogens with zero attached hydrogens (tertiary/aromatic N) is 5. The SMILES string of the molecule is CCN(CC)CCNc1cc(Nc2cc(C(C)C)[nH]n2)nc(NCc2cc(C(C)C)no2)n1. The number of likely N-dealkylation sites (N-methyl/N-ethyl adjacent to an activating group) is 1. The van der Waals surface area contributed by atoms with Gasteiger partial charge in [-0.05, 0) is 24.9 Å². The topological polar surface area (TPSA) is 120 Å². The first-order chi connectivity index (χ1) is 15.9. The van der Waals surface area contributed by atoms with E-state index >= 15 is 0 Å². The summed E-state index contributed by atoms with van der Waals surface area (Å²) in [6, 6.07) is 5.85. The van der Waals surface area contributed by atoms with Gasteiger partial charge >= 0.3 is 0 Å². The highest BCUT2D eigenvalue weighted by atomic mass is 16.5. The second kappa shape index (κ2) is 11.6. The molecular weight excluding hydrogens is 418 g/mol. The molecule has 0 aliphatic carbocycles. The van der Waals surface area contributed by atoms with Crippen molar-refractivity contribution >= 4 is 23.4 Å². The van der Waals surface area contributed by atoms with E-state index in [1.807, 2.05) is 18.2 Å². The molecule has 0 unspecified atom stereocenters. The minimum Gasteiger partial charge on any atom is -0.369 e. The Kier molecular flexibility index (Phi) is 8.65. The molecule has 3 aromatic heterocycles. The number of hydrogen-bond acceptors (Lipinski definition) is 9. The van der Waals surface area contributed by atoms with Crippen LogP contribution in [0.15, 0.2) is 22.7 Å². The van der Waals surface area contributed by atoms with Crippen LogP contribution in [0, 0.1) is 0 Å². The third kappa shape index (κ3) is 7.18. The molecule has 0 saturated heterocycles. The molecule has 0 aliphatic rings. The predicted octanol–water partition coefficient (Wildman–Crippen LogP) is 4.54. The summed E-state index contributed by atoms with van der Waals surface area (Å²) >= 11 is 0. The van der Waals surface area contributed by atoms with Crippen molar-refractivity contribution in [3.8, 4) is 0 Å². The van der Waals surface area contributed by atoms with E-state index in [-0.39, 0.29) is 0 Å². The zero-order chi connectivity index (χ0) is 23.8. The van der Waals surface area contributed by atoms with Gasteiger partial charge in [-0.1, -0.05) is 46.7 Å². The first-order valence-electron chi connectivity index (χ1n) is 11.7. The first kappa shape index (κ1) is 24.5. The molecule has 0 spiro atoms. The molecule has 4 N–H and O–H groups in total. The molecule has 0 bridgehead atoms. The van der Waals surface area contributed by atoms with Crippen molar-refractivity contribution in [2.75, 3.05) is 42.1 Å². The molecule has 0 radical (unpaired) electrons. The normalized spacial score (nSPS) is 11.5. The van der Waals surface area contributed by atoms with Crippen LogP contribution in [-0.4, -0.2) is 56.4 Å². The summed E-state index contributed by atoms with van der Waals surface area (Å²) in [5.74, 6) is 4.03. The summed E-state index contributed by atoms with van der Waals surface area (Å²) in [5.41, 5.74) is 2.00.